The van der Waals surface area contributed by atoms with Gasteiger partial charge in [0.25, 0.3) is 0 Å². The van der Waals surface area contributed by atoms with Crippen molar-refractivity contribution in [3.05, 3.63) is 32.0 Å². The fraction of sp³-hybridized carbons (Fsp3) is 0.300. The van der Waals surface area contributed by atoms with Gasteiger partial charge in [-0.25, -0.2) is 0 Å². The number of hydrogen-bond acceptors (Lipinski definition) is 5. The topological polar surface area (TPSA) is 86.5 Å². The average Bonchev–Trinajstić information content (AvgIpc) is 2.80. The van der Waals surface area contributed by atoms with E-state index in [0.717, 1.165) is 17.0 Å². The van der Waals surface area contributed by atoms with Gasteiger partial charge in [-0.15, -0.1) is 0 Å². The molecular formula is C10H11N5OS. The van der Waals surface area contributed by atoms with Crippen molar-refractivity contribution in [1.29, 1.82) is 5.26 Å². The molecule has 0 spiro atoms. The van der Waals surface area contributed by atoms with Gasteiger partial charge in [0, 0.05) is 18.1 Å². The van der Waals surface area contributed by atoms with E-state index in [9.17, 15) is 4.79 Å². The molecule has 0 saturated carbocycles. The maximum atomic E-state index is 11.0. The summed E-state index contributed by atoms with van der Waals surface area (Å²) in [5.74, 6) is 0.664. The molecule has 0 atom stereocenters. The zero-order valence-electron chi connectivity index (χ0n) is 9.44. The Morgan fingerprint density at radius 3 is 3.06 bits per heavy atom. The highest BCUT2D eigenvalue weighted by molar-refractivity contribution is 7.07. The predicted octanol–water partition coefficient (Wildman–Crippen LogP) is 0.962. The molecule has 0 saturated heterocycles. The third-order valence-corrected chi connectivity index (χ3v) is 3.07. The first-order chi connectivity index (χ1) is 8.11. The average molecular weight is 249 g/mol. The van der Waals surface area contributed by atoms with Gasteiger partial charge in [0.05, 0.1) is 12.2 Å². The molecule has 0 aliphatic carbocycles. The number of aromatic amines is 1. The van der Waals surface area contributed by atoms with E-state index in [2.05, 4.69) is 21.5 Å². The fourth-order valence-corrected chi connectivity index (χ4v) is 2.16. The van der Waals surface area contributed by atoms with Crippen LogP contribution in [0.15, 0.2) is 10.2 Å². The smallest absolute Gasteiger partial charge is 0.304 e. The number of anilines is 1. The molecule has 17 heavy (non-hydrogen) atoms. The molecule has 2 heterocycles. The highest BCUT2D eigenvalue weighted by Gasteiger charge is 2.12. The standard InChI is InChI=1S/C10H11N5OS/c1-6-8(3-11)9(15(2)14-6)12-4-7-5-17-10(16)13-7/h5,12H,4H2,1-2H3,(H,13,16). The van der Waals surface area contributed by atoms with Gasteiger partial charge in [-0.3, -0.25) is 9.48 Å². The number of aryl methyl sites for hydroxylation is 2. The quantitative estimate of drug-likeness (QED) is 0.848. The highest BCUT2D eigenvalue weighted by Crippen LogP contribution is 2.17. The second kappa shape index (κ2) is 4.43. The maximum Gasteiger partial charge on any atom is 0.304 e. The lowest BCUT2D eigenvalue weighted by atomic mass is 10.2. The summed E-state index contributed by atoms with van der Waals surface area (Å²) >= 11 is 1.12. The molecular weight excluding hydrogens is 238 g/mol. The Balaban J connectivity index is 2.20. The van der Waals surface area contributed by atoms with E-state index in [4.69, 9.17) is 5.26 Å². The Kier molecular flexibility index (Phi) is 2.97. The molecule has 0 aliphatic heterocycles. The minimum absolute atomic E-state index is 0.0801. The number of H-pyrrole nitrogens is 1. The molecule has 0 unspecified atom stereocenters. The molecule has 2 N–H and O–H groups in total. The number of nitrogens with one attached hydrogen (secondary N) is 2. The molecule has 0 aromatic carbocycles. The minimum atomic E-state index is -0.0801. The Morgan fingerprint density at radius 2 is 2.47 bits per heavy atom. The first-order valence-electron chi connectivity index (χ1n) is 4.96. The van der Waals surface area contributed by atoms with Gasteiger partial charge in [-0.2, -0.15) is 10.4 Å². The normalized spacial score (nSPS) is 10.2. The van der Waals surface area contributed by atoms with E-state index < -0.39 is 0 Å². The van der Waals surface area contributed by atoms with Crippen LogP contribution in [0.3, 0.4) is 0 Å². The zero-order valence-corrected chi connectivity index (χ0v) is 10.3. The number of aromatic nitrogens is 3. The second-order valence-corrected chi connectivity index (χ2v) is 4.41. The number of nitrogens with zero attached hydrogens (tertiary/aromatic N) is 3. The minimum Gasteiger partial charge on any atom is -0.364 e. The van der Waals surface area contributed by atoms with Gasteiger partial charge in [0.2, 0.25) is 0 Å². The lowest BCUT2D eigenvalue weighted by Gasteiger charge is -2.05. The van der Waals surface area contributed by atoms with Crippen molar-refractivity contribution in [2.75, 3.05) is 5.32 Å². The third kappa shape index (κ3) is 2.21. The van der Waals surface area contributed by atoms with Crippen LogP contribution >= 0.6 is 11.3 Å². The predicted molar refractivity (Wildman–Crippen MR) is 64.9 cm³/mol. The van der Waals surface area contributed by atoms with Crippen LogP contribution in [0.25, 0.3) is 0 Å². The molecule has 88 valence electrons. The summed E-state index contributed by atoms with van der Waals surface area (Å²) < 4.78 is 1.62. The van der Waals surface area contributed by atoms with Gasteiger partial charge < -0.3 is 10.3 Å². The summed E-state index contributed by atoms with van der Waals surface area (Å²) in [6.07, 6.45) is 0. The van der Waals surface area contributed by atoms with E-state index in [1.807, 2.05) is 0 Å². The Bertz CT molecular complexity index is 630. The third-order valence-electron chi connectivity index (χ3n) is 2.35. The first-order valence-corrected chi connectivity index (χ1v) is 5.84. The van der Waals surface area contributed by atoms with Gasteiger partial charge in [0.15, 0.2) is 0 Å². The van der Waals surface area contributed by atoms with E-state index >= 15 is 0 Å². The summed E-state index contributed by atoms with van der Waals surface area (Å²) in [6.45, 7) is 2.25. The van der Waals surface area contributed by atoms with Crippen molar-refractivity contribution in [2.45, 2.75) is 13.5 Å². The largest absolute Gasteiger partial charge is 0.364 e. The Morgan fingerprint density at radius 1 is 1.71 bits per heavy atom. The van der Waals surface area contributed by atoms with Gasteiger partial charge in [-0.05, 0) is 6.92 Å². The second-order valence-electron chi connectivity index (χ2n) is 3.57. The van der Waals surface area contributed by atoms with E-state index in [0.29, 0.717) is 23.6 Å². The maximum absolute atomic E-state index is 11.0. The summed E-state index contributed by atoms with van der Waals surface area (Å²) in [6, 6.07) is 2.11. The lowest BCUT2D eigenvalue weighted by Crippen LogP contribution is -2.07. The molecule has 0 aliphatic rings. The highest BCUT2D eigenvalue weighted by atomic mass is 32.1. The molecule has 0 amide bonds. The fourth-order valence-electron chi connectivity index (χ4n) is 1.57. The lowest BCUT2D eigenvalue weighted by molar-refractivity contribution is 0.757. The number of nitriles is 1. The van der Waals surface area contributed by atoms with E-state index in [1.165, 1.54) is 0 Å². The van der Waals surface area contributed by atoms with Crippen LogP contribution in [0.2, 0.25) is 0 Å². The van der Waals surface area contributed by atoms with Gasteiger partial charge >= 0.3 is 4.87 Å². The molecule has 0 bridgehead atoms. The van der Waals surface area contributed by atoms with Crippen LogP contribution in [-0.4, -0.2) is 14.8 Å². The van der Waals surface area contributed by atoms with Crippen LogP contribution in [-0.2, 0) is 13.6 Å². The van der Waals surface area contributed by atoms with Crippen molar-refractivity contribution >= 4 is 17.2 Å². The van der Waals surface area contributed by atoms with Crippen LogP contribution in [0.4, 0.5) is 5.82 Å². The molecule has 2 aromatic rings. The van der Waals surface area contributed by atoms with Crippen molar-refractivity contribution < 1.29 is 0 Å². The van der Waals surface area contributed by atoms with Crippen LogP contribution in [0, 0.1) is 18.3 Å². The molecule has 2 rings (SSSR count). The molecule has 0 fully saturated rings. The van der Waals surface area contributed by atoms with Crippen LogP contribution in [0.5, 0.6) is 0 Å². The number of rotatable bonds is 3. The molecule has 0 radical (unpaired) electrons. The Labute approximate surface area is 102 Å². The monoisotopic (exact) mass is 249 g/mol. The van der Waals surface area contributed by atoms with Crippen molar-refractivity contribution in [1.82, 2.24) is 14.8 Å². The summed E-state index contributed by atoms with van der Waals surface area (Å²) in [7, 11) is 1.77. The SMILES string of the molecule is Cc1nn(C)c(NCc2csc(=O)[nH]2)c1C#N. The first kappa shape index (κ1) is 11.4. The Hall–Kier alpha value is -2.07. The van der Waals surface area contributed by atoms with E-state index in [1.54, 1.807) is 24.0 Å². The van der Waals surface area contributed by atoms with E-state index in [-0.39, 0.29) is 4.87 Å². The van der Waals surface area contributed by atoms with Gasteiger partial charge in [0.1, 0.15) is 17.5 Å². The number of thiazole rings is 1. The summed E-state index contributed by atoms with van der Waals surface area (Å²) in [5, 5.41) is 18.0. The summed E-state index contributed by atoms with van der Waals surface area (Å²) in [4.78, 5) is 13.6. The zero-order chi connectivity index (χ0) is 12.4. The number of hydrogen-bond donors (Lipinski definition) is 2. The van der Waals surface area contributed by atoms with Crippen molar-refractivity contribution in [3.8, 4) is 6.07 Å². The summed E-state index contributed by atoms with van der Waals surface area (Å²) in [5.41, 5.74) is 2.02. The molecule has 2 aromatic heterocycles. The van der Waals surface area contributed by atoms with Crippen LogP contribution < -0.4 is 10.2 Å². The van der Waals surface area contributed by atoms with Crippen molar-refractivity contribution in [3.63, 3.8) is 0 Å². The molecule has 7 heteroatoms. The van der Waals surface area contributed by atoms with Crippen molar-refractivity contribution in [2.24, 2.45) is 7.05 Å². The van der Waals surface area contributed by atoms with Crippen LogP contribution in [0.1, 0.15) is 17.0 Å². The van der Waals surface area contributed by atoms with Gasteiger partial charge in [-0.1, -0.05) is 11.3 Å². The molecule has 6 nitrogen and oxygen atoms in total.